The zero-order valence-electron chi connectivity index (χ0n) is 27.5. The zero-order valence-corrected chi connectivity index (χ0v) is 27.5. The van der Waals surface area contributed by atoms with Gasteiger partial charge in [0, 0.05) is 27.7 Å². The van der Waals surface area contributed by atoms with Gasteiger partial charge >= 0.3 is 0 Å². The van der Waals surface area contributed by atoms with E-state index in [1.165, 1.54) is 33.4 Å². The number of rotatable bonds is 4. The van der Waals surface area contributed by atoms with Crippen LogP contribution in [0.5, 0.6) is 11.5 Å². The predicted molar refractivity (Wildman–Crippen MR) is 197 cm³/mol. The van der Waals surface area contributed by atoms with Gasteiger partial charge in [0.2, 0.25) is 5.95 Å². The molecule has 0 saturated carbocycles. The number of aromatic nitrogens is 3. The average molecular weight is 635 g/mol. The van der Waals surface area contributed by atoms with Crippen LogP contribution in [-0.2, 0) is 18.3 Å². The monoisotopic (exact) mass is 634 g/mol. The second-order valence-corrected chi connectivity index (χ2v) is 13.3. The van der Waals surface area contributed by atoms with Crippen molar-refractivity contribution in [3.63, 3.8) is 0 Å². The number of nitrogens with zero attached hydrogens (tertiary/aromatic N) is 4. The standard InChI is InChI=1S/C44H34N4O/c1-44(2)35-18-10-12-20-39(35)49-40-26-24-33(28-36(40)44)32-23-25-38-34(27-32)22-21-29-13-9-11-19-37(29)48(38)43-46-41(30-14-5-3-6-15-30)45-42(47-43)31-16-7-4-8-17-31/h3-20,23-28H,21-22H2,1-2H3. The van der Waals surface area contributed by atoms with E-state index >= 15 is 0 Å². The van der Waals surface area contributed by atoms with Gasteiger partial charge in [-0.2, -0.15) is 9.97 Å². The highest BCUT2D eigenvalue weighted by atomic mass is 16.5. The third-order valence-corrected chi connectivity index (χ3v) is 9.87. The molecule has 6 aromatic carbocycles. The minimum atomic E-state index is -0.185. The van der Waals surface area contributed by atoms with Crippen LogP contribution >= 0.6 is 0 Å². The summed E-state index contributed by atoms with van der Waals surface area (Å²) in [6, 6.07) is 50.7. The largest absolute Gasteiger partial charge is 0.457 e. The van der Waals surface area contributed by atoms with Crippen molar-refractivity contribution < 1.29 is 4.74 Å². The minimum absolute atomic E-state index is 0.185. The zero-order chi connectivity index (χ0) is 33.0. The molecule has 0 saturated heterocycles. The van der Waals surface area contributed by atoms with E-state index in [0.717, 1.165) is 46.8 Å². The molecule has 5 nitrogen and oxygen atoms in total. The van der Waals surface area contributed by atoms with Crippen LogP contribution in [0.15, 0.2) is 146 Å². The Morgan fingerprint density at radius 2 is 1.06 bits per heavy atom. The van der Waals surface area contributed by atoms with Crippen molar-refractivity contribution in [2.75, 3.05) is 4.90 Å². The smallest absolute Gasteiger partial charge is 0.238 e. The Labute approximate surface area is 286 Å². The summed E-state index contributed by atoms with van der Waals surface area (Å²) in [5, 5.41) is 0. The lowest BCUT2D eigenvalue weighted by Crippen LogP contribution is -2.24. The number of benzene rings is 6. The molecule has 0 unspecified atom stereocenters. The van der Waals surface area contributed by atoms with Gasteiger partial charge in [-0.15, -0.1) is 0 Å². The number of para-hydroxylation sites is 2. The molecule has 3 heterocycles. The van der Waals surface area contributed by atoms with Crippen molar-refractivity contribution >= 4 is 17.3 Å². The van der Waals surface area contributed by atoms with Crippen LogP contribution < -0.4 is 9.64 Å². The maximum absolute atomic E-state index is 6.37. The van der Waals surface area contributed by atoms with Gasteiger partial charge in [0.05, 0.1) is 11.4 Å². The Morgan fingerprint density at radius 1 is 0.490 bits per heavy atom. The van der Waals surface area contributed by atoms with Crippen LogP contribution in [0, 0.1) is 0 Å². The van der Waals surface area contributed by atoms with Crippen LogP contribution in [0.2, 0.25) is 0 Å². The summed E-state index contributed by atoms with van der Waals surface area (Å²) in [4.78, 5) is 17.5. The molecule has 0 bridgehead atoms. The van der Waals surface area contributed by atoms with E-state index in [1.807, 2.05) is 66.7 Å². The van der Waals surface area contributed by atoms with Gasteiger partial charge in [-0.25, -0.2) is 4.98 Å². The molecule has 1 aromatic heterocycles. The number of anilines is 3. The Hall–Kier alpha value is -6.07. The summed E-state index contributed by atoms with van der Waals surface area (Å²) < 4.78 is 6.37. The molecule has 0 radical (unpaired) electrons. The molecule has 0 fully saturated rings. The van der Waals surface area contributed by atoms with E-state index in [1.54, 1.807) is 0 Å². The highest BCUT2D eigenvalue weighted by Gasteiger charge is 2.34. The predicted octanol–water partition coefficient (Wildman–Crippen LogP) is 10.9. The number of aryl methyl sites for hydroxylation is 2. The summed E-state index contributed by atoms with van der Waals surface area (Å²) in [7, 11) is 0. The molecule has 0 atom stereocenters. The van der Waals surface area contributed by atoms with Gasteiger partial charge in [-0.05, 0) is 71.5 Å². The maximum Gasteiger partial charge on any atom is 0.238 e. The summed E-state index contributed by atoms with van der Waals surface area (Å²) in [5.41, 5.74) is 11.1. The summed E-state index contributed by atoms with van der Waals surface area (Å²) in [6.45, 7) is 4.57. The summed E-state index contributed by atoms with van der Waals surface area (Å²) >= 11 is 0. The highest BCUT2D eigenvalue weighted by molar-refractivity contribution is 5.82. The average Bonchev–Trinajstić information content (AvgIpc) is 3.32. The van der Waals surface area contributed by atoms with Gasteiger partial charge in [0.25, 0.3) is 0 Å². The van der Waals surface area contributed by atoms with Crippen molar-refractivity contribution in [2.45, 2.75) is 32.1 Å². The van der Waals surface area contributed by atoms with Crippen molar-refractivity contribution in [3.05, 3.63) is 168 Å². The number of fused-ring (bicyclic) bond motifs is 4. The molecular formula is C44H34N4O. The van der Waals surface area contributed by atoms with E-state index < -0.39 is 0 Å². The topological polar surface area (TPSA) is 51.1 Å². The van der Waals surface area contributed by atoms with Crippen LogP contribution in [0.1, 0.15) is 36.1 Å². The van der Waals surface area contributed by atoms with Crippen LogP contribution in [0.4, 0.5) is 17.3 Å². The second kappa shape index (κ2) is 11.6. The molecule has 2 aliphatic rings. The number of hydrogen-bond donors (Lipinski definition) is 0. The third-order valence-electron chi connectivity index (χ3n) is 9.87. The lowest BCUT2D eigenvalue weighted by atomic mass is 9.75. The molecule has 7 aromatic rings. The summed E-state index contributed by atoms with van der Waals surface area (Å²) in [5.74, 6) is 3.74. The second-order valence-electron chi connectivity index (χ2n) is 13.3. The normalized spacial score (nSPS) is 14.0. The molecule has 0 amide bonds. The lowest BCUT2D eigenvalue weighted by Gasteiger charge is -2.34. The van der Waals surface area contributed by atoms with Crippen molar-refractivity contribution in [1.82, 2.24) is 15.0 Å². The molecule has 9 rings (SSSR count). The first-order chi connectivity index (χ1) is 24.0. The first kappa shape index (κ1) is 29.1. The van der Waals surface area contributed by atoms with E-state index in [0.29, 0.717) is 17.6 Å². The van der Waals surface area contributed by atoms with Crippen molar-refractivity contribution in [3.8, 4) is 45.4 Å². The molecular weight excluding hydrogens is 601 g/mol. The van der Waals surface area contributed by atoms with Crippen molar-refractivity contribution in [2.24, 2.45) is 0 Å². The maximum atomic E-state index is 6.37. The first-order valence-corrected chi connectivity index (χ1v) is 16.8. The molecule has 0 spiro atoms. The number of hydrogen-bond acceptors (Lipinski definition) is 5. The van der Waals surface area contributed by atoms with Crippen LogP contribution in [0.25, 0.3) is 33.9 Å². The SMILES string of the molecule is CC1(C)c2ccccc2Oc2ccc(-c3ccc4c(c3)CCc3ccccc3N4c3nc(-c4ccccc4)nc(-c4ccccc4)n3)cc21. The fourth-order valence-corrected chi connectivity index (χ4v) is 7.26. The first-order valence-electron chi connectivity index (χ1n) is 16.8. The molecule has 0 aliphatic carbocycles. The quantitative estimate of drug-likeness (QED) is 0.193. The highest BCUT2D eigenvalue weighted by Crippen LogP contribution is 2.49. The molecule has 0 N–H and O–H groups in total. The molecule has 49 heavy (non-hydrogen) atoms. The van der Waals surface area contributed by atoms with Gasteiger partial charge in [0.1, 0.15) is 11.5 Å². The third kappa shape index (κ3) is 5.06. The van der Waals surface area contributed by atoms with Gasteiger partial charge < -0.3 is 4.74 Å². The minimum Gasteiger partial charge on any atom is -0.457 e. The molecule has 5 heteroatoms. The van der Waals surface area contributed by atoms with E-state index in [9.17, 15) is 0 Å². The van der Waals surface area contributed by atoms with Crippen LogP contribution in [-0.4, -0.2) is 15.0 Å². The molecule has 236 valence electrons. The summed E-state index contributed by atoms with van der Waals surface area (Å²) in [6.07, 6.45) is 1.80. The fourth-order valence-electron chi connectivity index (χ4n) is 7.26. The Balaban J connectivity index is 1.19. The van der Waals surface area contributed by atoms with Gasteiger partial charge in [0.15, 0.2) is 11.6 Å². The van der Waals surface area contributed by atoms with Gasteiger partial charge in [-0.3, -0.25) is 4.90 Å². The van der Waals surface area contributed by atoms with E-state index in [2.05, 4.69) is 97.6 Å². The van der Waals surface area contributed by atoms with Crippen molar-refractivity contribution in [1.29, 1.82) is 0 Å². The Bertz CT molecular complexity index is 2290. The number of ether oxygens (including phenoxy) is 1. The van der Waals surface area contributed by atoms with Crippen LogP contribution in [0.3, 0.4) is 0 Å². The molecule has 2 aliphatic heterocycles. The Morgan fingerprint density at radius 3 is 1.82 bits per heavy atom. The van der Waals surface area contributed by atoms with E-state index in [-0.39, 0.29) is 5.41 Å². The lowest BCUT2D eigenvalue weighted by molar-refractivity contribution is 0.418. The fraction of sp³-hybridized carbons (Fsp3) is 0.114. The van der Waals surface area contributed by atoms with Gasteiger partial charge in [-0.1, -0.05) is 123 Å². The Kier molecular flexibility index (Phi) is 6.87. The van der Waals surface area contributed by atoms with E-state index in [4.69, 9.17) is 19.7 Å².